The maximum absolute atomic E-state index is 10.1. The Bertz CT molecular complexity index is 140. The van der Waals surface area contributed by atoms with Gasteiger partial charge in [-0.15, -0.1) is 0 Å². The minimum absolute atomic E-state index is 0. The van der Waals surface area contributed by atoms with Crippen molar-refractivity contribution in [2.24, 2.45) is 5.73 Å². The van der Waals surface area contributed by atoms with Crippen molar-refractivity contribution >= 4 is 5.78 Å². The molecule has 0 aliphatic rings. The zero-order valence-corrected chi connectivity index (χ0v) is 8.06. The Morgan fingerprint density at radius 2 is 2.22 bits per heavy atom. The summed E-state index contributed by atoms with van der Waals surface area (Å²) >= 11 is 0. The first kappa shape index (κ1) is 11.8. The summed E-state index contributed by atoms with van der Waals surface area (Å²) in [7, 11) is 0. The molecule has 0 saturated carbocycles. The van der Waals surface area contributed by atoms with E-state index < -0.39 is 0 Å². The molecule has 3 heteroatoms. The third-order valence-electron chi connectivity index (χ3n) is 0.500. The number of Topliss-reactive ketones (excluding diaryl/α,β-unsaturated/α-hetero) is 1. The number of rotatable bonds is 2. The molecule has 0 aliphatic heterocycles. The molecular formula is C6H7NOY-2. The fourth-order valence-electron chi connectivity index (χ4n) is 0.245. The van der Waals surface area contributed by atoms with Gasteiger partial charge in [-0.05, 0) is 6.92 Å². The second-order valence-electron chi connectivity index (χ2n) is 1.30. The molecule has 0 rings (SSSR count). The quantitative estimate of drug-likeness (QED) is 0.391. The molecule has 0 heterocycles. The maximum Gasteiger partial charge on any atom is 0.0475 e. The number of hydrogen-bond donors (Lipinski definition) is 1. The summed E-state index contributed by atoms with van der Waals surface area (Å²) in [5.74, 6) is -0.218. The minimum atomic E-state index is -0.218. The summed E-state index contributed by atoms with van der Waals surface area (Å²) in [5, 5.41) is 0. The Morgan fingerprint density at radius 1 is 1.78 bits per heavy atom. The van der Waals surface area contributed by atoms with E-state index in [1.54, 1.807) is 0 Å². The summed E-state index contributed by atoms with van der Waals surface area (Å²) in [6.45, 7) is 6.28. The van der Waals surface area contributed by atoms with Crippen molar-refractivity contribution in [1.82, 2.24) is 0 Å². The summed E-state index contributed by atoms with van der Waals surface area (Å²) in [5.41, 5.74) is 5.26. The van der Waals surface area contributed by atoms with E-state index in [0.717, 1.165) is 6.08 Å². The summed E-state index contributed by atoms with van der Waals surface area (Å²) < 4.78 is 0. The number of carbonyl (C=O) groups excluding carboxylic acids is 1. The standard InChI is InChI=1S/C6H7NO.Y/c1-3-6(7)4-5(2)8;/h1,3H,7H2,2H3;/q-2;. The third-order valence-corrected chi connectivity index (χ3v) is 0.500. The van der Waals surface area contributed by atoms with E-state index in [-0.39, 0.29) is 44.2 Å². The van der Waals surface area contributed by atoms with Gasteiger partial charge in [0.2, 0.25) is 0 Å². The molecule has 2 nitrogen and oxygen atoms in total. The van der Waals surface area contributed by atoms with Gasteiger partial charge < -0.3 is 23.2 Å². The van der Waals surface area contributed by atoms with Crippen LogP contribution in [0.25, 0.3) is 0 Å². The Labute approximate surface area is 80.1 Å². The van der Waals surface area contributed by atoms with Crippen LogP contribution >= 0.6 is 0 Å². The van der Waals surface area contributed by atoms with Gasteiger partial charge in [0.15, 0.2) is 0 Å². The molecule has 47 valence electrons. The fourth-order valence-corrected chi connectivity index (χ4v) is 0.245. The van der Waals surface area contributed by atoms with Gasteiger partial charge in [0.05, 0.1) is 0 Å². The van der Waals surface area contributed by atoms with E-state index in [1.807, 2.05) is 0 Å². The molecule has 0 aromatic carbocycles. The molecule has 0 atom stereocenters. The van der Waals surface area contributed by atoms with E-state index in [0.29, 0.717) is 0 Å². The molecule has 0 amide bonds. The molecule has 0 aromatic heterocycles. The Morgan fingerprint density at radius 3 is 2.33 bits per heavy atom. The predicted molar refractivity (Wildman–Crippen MR) is 30.5 cm³/mol. The van der Waals surface area contributed by atoms with Crippen LogP contribution in [0.5, 0.6) is 0 Å². The van der Waals surface area contributed by atoms with Crippen LogP contribution in [-0.4, -0.2) is 5.78 Å². The van der Waals surface area contributed by atoms with Gasteiger partial charge in [-0.25, -0.2) is 0 Å². The smallest absolute Gasteiger partial charge is 0.0475 e. The van der Waals surface area contributed by atoms with Gasteiger partial charge in [0, 0.05) is 38.5 Å². The summed E-state index contributed by atoms with van der Waals surface area (Å²) in [6.07, 6.45) is 3.39. The molecule has 0 unspecified atom stereocenters. The second-order valence-corrected chi connectivity index (χ2v) is 1.30. The fraction of sp³-hybridized carbons (Fsp3) is 0.167. The maximum atomic E-state index is 10.1. The van der Waals surface area contributed by atoms with Crippen LogP contribution in [0.15, 0.2) is 11.8 Å². The predicted octanol–water partition coefficient (Wildman–Crippen LogP) is 0.208. The Balaban J connectivity index is 0. The van der Waals surface area contributed by atoms with Crippen LogP contribution in [0.2, 0.25) is 0 Å². The third kappa shape index (κ3) is 8.05. The molecule has 1 radical (unpaired) electrons. The van der Waals surface area contributed by atoms with E-state index in [4.69, 9.17) is 12.3 Å². The number of ketones is 1. The largest absolute Gasteiger partial charge is 0.509 e. The first-order valence-corrected chi connectivity index (χ1v) is 2.11. The van der Waals surface area contributed by atoms with Crippen molar-refractivity contribution in [3.05, 3.63) is 24.4 Å². The van der Waals surface area contributed by atoms with Crippen LogP contribution in [0, 0.1) is 12.7 Å². The monoisotopic (exact) mass is 198 g/mol. The molecule has 0 aliphatic carbocycles. The number of carbonyl (C=O) groups is 1. The minimum Gasteiger partial charge on any atom is -0.509 e. The van der Waals surface area contributed by atoms with Gasteiger partial charge in [-0.2, -0.15) is 0 Å². The van der Waals surface area contributed by atoms with Gasteiger partial charge in [-0.3, -0.25) is 11.8 Å². The van der Waals surface area contributed by atoms with Crippen molar-refractivity contribution in [3.8, 4) is 0 Å². The average Bonchev–Trinajstić information content (AvgIpc) is 1.65. The van der Waals surface area contributed by atoms with E-state index in [9.17, 15) is 4.79 Å². The molecule has 0 bridgehead atoms. The molecule has 0 spiro atoms. The van der Waals surface area contributed by atoms with E-state index in [2.05, 4.69) is 6.08 Å². The summed E-state index contributed by atoms with van der Waals surface area (Å²) in [4.78, 5) is 10.1. The molecule has 0 aromatic rings. The first-order chi connectivity index (χ1) is 3.66. The SMILES string of the molecule is [CH-]=CC(N)=[C-]C(C)=O.[Y]. The van der Waals surface area contributed by atoms with Gasteiger partial charge in [0.25, 0.3) is 0 Å². The zero-order chi connectivity index (χ0) is 6.57. The van der Waals surface area contributed by atoms with Crippen molar-refractivity contribution < 1.29 is 37.5 Å². The van der Waals surface area contributed by atoms with Crippen LogP contribution in [-0.2, 0) is 37.5 Å². The molecule has 0 saturated heterocycles. The van der Waals surface area contributed by atoms with E-state index >= 15 is 0 Å². The molecule has 0 fully saturated rings. The average molecular weight is 198 g/mol. The normalized spacial score (nSPS) is 9.67. The Hall–Kier alpha value is 0.0539. The van der Waals surface area contributed by atoms with Crippen molar-refractivity contribution in [2.45, 2.75) is 6.92 Å². The number of allylic oxidation sites excluding steroid dienone is 2. The number of nitrogens with two attached hydrogens (primary N) is 1. The van der Waals surface area contributed by atoms with Crippen LogP contribution in [0.3, 0.4) is 0 Å². The van der Waals surface area contributed by atoms with Crippen molar-refractivity contribution in [1.29, 1.82) is 0 Å². The molecule has 2 N–H and O–H groups in total. The van der Waals surface area contributed by atoms with Gasteiger partial charge in [-0.1, -0.05) is 0 Å². The van der Waals surface area contributed by atoms with Gasteiger partial charge in [0.1, 0.15) is 0 Å². The summed E-state index contributed by atoms with van der Waals surface area (Å²) in [6, 6.07) is 0. The van der Waals surface area contributed by atoms with Crippen molar-refractivity contribution in [2.75, 3.05) is 0 Å². The number of hydrogen-bond acceptors (Lipinski definition) is 2. The second kappa shape index (κ2) is 6.18. The van der Waals surface area contributed by atoms with Gasteiger partial charge >= 0.3 is 0 Å². The van der Waals surface area contributed by atoms with Crippen LogP contribution in [0.4, 0.5) is 0 Å². The van der Waals surface area contributed by atoms with E-state index in [1.165, 1.54) is 6.92 Å². The topological polar surface area (TPSA) is 43.1 Å². The van der Waals surface area contributed by atoms with Crippen LogP contribution in [0.1, 0.15) is 6.92 Å². The zero-order valence-electron chi connectivity index (χ0n) is 5.22. The van der Waals surface area contributed by atoms with Crippen molar-refractivity contribution in [3.63, 3.8) is 0 Å². The Kier molecular flexibility index (Phi) is 8.10. The molecule has 9 heavy (non-hydrogen) atoms. The van der Waals surface area contributed by atoms with Crippen LogP contribution < -0.4 is 5.73 Å². The molecular weight excluding hydrogens is 191 g/mol. The first-order valence-electron chi connectivity index (χ1n) is 2.11.